The molecule has 0 spiro atoms. The molecule has 0 aliphatic rings. The molecule has 2 aromatic heterocycles. The predicted octanol–water partition coefficient (Wildman–Crippen LogP) is 3.67. The maximum Gasteiger partial charge on any atom is 0.126 e. The molecule has 0 aliphatic carbocycles. The first-order chi connectivity index (χ1) is 7.65. The summed E-state index contributed by atoms with van der Waals surface area (Å²) in [6.07, 6.45) is 1.63. The van der Waals surface area contributed by atoms with Crippen LogP contribution in [0.4, 0.5) is 5.82 Å². The van der Waals surface area contributed by atoms with Crippen LogP contribution in [-0.2, 0) is 0 Å². The zero-order valence-electron chi connectivity index (χ0n) is 9.07. The highest BCUT2D eigenvalue weighted by atomic mass is 35.5. The van der Waals surface area contributed by atoms with Gasteiger partial charge in [-0.25, -0.2) is 9.97 Å². The van der Waals surface area contributed by atoms with Gasteiger partial charge >= 0.3 is 0 Å². The Balaban J connectivity index is 2.07. The molecule has 16 heavy (non-hydrogen) atoms. The van der Waals surface area contributed by atoms with E-state index in [0.717, 1.165) is 16.5 Å². The SMILES string of the molecule is Cc1csc(C(C)Nc2ccc(Cl)cn2)n1. The number of hydrogen-bond donors (Lipinski definition) is 1. The third-order valence-corrected chi connectivity index (χ3v) is 3.47. The summed E-state index contributed by atoms with van der Waals surface area (Å²) in [6, 6.07) is 3.84. The van der Waals surface area contributed by atoms with Crippen molar-refractivity contribution in [3.8, 4) is 0 Å². The molecule has 1 unspecified atom stereocenters. The van der Waals surface area contributed by atoms with Crippen molar-refractivity contribution in [3.05, 3.63) is 39.4 Å². The highest BCUT2D eigenvalue weighted by molar-refractivity contribution is 7.09. The molecule has 0 radical (unpaired) electrons. The summed E-state index contributed by atoms with van der Waals surface area (Å²) in [4.78, 5) is 8.61. The smallest absolute Gasteiger partial charge is 0.126 e. The Labute approximate surface area is 104 Å². The number of hydrogen-bond acceptors (Lipinski definition) is 4. The van der Waals surface area contributed by atoms with E-state index < -0.39 is 0 Å². The third-order valence-electron chi connectivity index (χ3n) is 2.10. The van der Waals surface area contributed by atoms with Crippen LogP contribution in [0.2, 0.25) is 5.02 Å². The number of thiazole rings is 1. The Morgan fingerprint density at radius 1 is 1.44 bits per heavy atom. The number of aromatic nitrogens is 2. The van der Waals surface area contributed by atoms with Crippen molar-refractivity contribution < 1.29 is 0 Å². The molecule has 0 aromatic carbocycles. The molecule has 2 aromatic rings. The fourth-order valence-electron chi connectivity index (χ4n) is 1.32. The highest BCUT2D eigenvalue weighted by Crippen LogP contribution is 2.21. The summed E-state index contributed by atoms with van der Waals surface area (Å²) in [6.45, 7) is 4.06. The van der Waals surface area contributed by atoms with Gasteiger partial charge in [-0.05, 0) is 26.0 Å². The topological polar surface area (TPSA) is 37.8 Å². The van der Waals surface area contributed by atoms with Gasteiger partial charge in [-0.2, -0.15) is 0 Å². The van der Waals surface area contributed by atoms with Crippen LogP contribution >= 0.6 is 22.9 Å². The second kappa shape index (κ2) is 4.80. The molecule has 0 saturated heterocycles. The van der Waals surface area contributed by atoms with Crippen molar-refractivity contribution in [1.82, 2.24) is 9.97 Å². The number of nitrogens with zero attached hydrogens (tertiary/aromatic N) is 2. The average molecular weight is 254 g/mol. The number of pyridine rings is 1. The van der Waals surface area contributed by atoms with Crippen LogP contribution in [0.25, 0.3) is 0 Å². The van der Waals surface area contributed by atoms with Crippen molar-refractivity contribution in [2.24, 2.45) is 0 Å². The number of anilines is 1. The van der Waals surface area contributed by atoms with E-state index in [1.54, 1.807) is 17.5 Å². The van der Waals surface area contributed by atoms with Crippen molar-refractivity contribution in [2.45, 2.75) is 19.9 Å². The van der Waals surface area contributed by atoms with E-state index in [4.69, 9.17) is 11.6 Å². The maximum absolute atomic E-state index is 5.77. The van der Waals surface area contributed by atoms with Gasteiger partial charge in [-0.3, -0.25) is 0 Å². The van der Waals surface area contributed by atoms with Gasteiger partial charge in [0, 0.05) is 17.3 Å². The van der Waals surface area contributed by atoms with Gasteiger partial charge in [0.25, 0.3) is 0 Å². The minimum Gasteiger partial charge on any atom is -0.361 e. The van der Waals surface area contributed by atoms with Crippen LogP contribution < -0.4 is 5.32 Å². The van der Waals surface area contributed by atoms with Gasteiger partial charge in [0.05, 0.1) is 11.1 Å². The summed E-state index contributed by atoms with van der Waals surface area (Å²) in [7, 11) is 0. The van der Waals surface area contributed by atoms with E-state index in [1.807, 2.05) is 24.4 Å². The third kappa shape index (κ3) is 2.71. The molecule has 0 fully saturated rings. The fourth-order valence-corrected chi connectivity index (χ4v) is 2.23. The Bertz CT molecular complexity index is 466. The molecular weight excluding hydrogens is 242 g/mol. The summed E-state index contributed by atoms with van der Waals surface area (Å²) in [5.41, 5.74) is 1.05. The number of halogens is 1. The zero-order valence-corrected chi connectivity index (χ0v) is 10.6. The van der Waals surface area contributed by atoms with Gasteiger partial charge in [0.2, 0.25) is 0 Å². The van der Waals surface area contributed by atoms with Gasteiger partial charge in [-0.1, -0.05) is 11.6 Å². The molecule has 1 atom stereocenters. The van der Waals surface area contributed by atoms with Crippen LogP contribution in [0.3, 0.4) is 0 Å². The van der Waals surface area contributed by atoms with Gasteiger partial charge in [0.15, 0.2) is 0 Å². The minimum absolute atomic E-state index is 0.160. The monoisotopic (exact) mass is 253 g/mol. The van der Waals surface area contributed by atoms with Crippen LogP contribution in [0, 0.1) is 6.92 Å². The minimum atomic E-state index is 0.160. The van der Waals surface area contributed by atoms with E-state index in [2.05, 4.69) is 22.2 Å². The molecule has 2 heterocycles. The van der Waals surface area contributed by atoms with Gasteiger partial charge < -0.3 is 5.32 Å². The predicted molar refractivity (Wildman–Crippen MR) is 68.1 cm³/mol. The molecule has 0 amide bonds. The van der Waals surface area contributed by atoms with Gasteiger partial charge in [-0.15, -0.1) is 11.3 Å². The normalized spacial score (nSPS) is 12.4. The largest absolute Gasteiger partial charge is 0.361 e. The Morgan fingerprint density at radius 2 is 2.25 bits per heavy atom. The Morgan fingerprint density at radius 3 is 2.81 bits per heavy atom. The lowest BCUT2D eigenvalue weighted by atomic mass is 10.3. The van der Waals surface area contributed by atoms with Crippen molar-refractivity contribution >= 4 is 28.8 Å². The van der Waals surface area contributed by atoms with Crippen molar-refractivity contribution in [2.75, 3.05) is 5.32 Å². The van der Waals surface area contributed by atoms with Crippen LogP contribution in [-0.4, -0.2) is 9.97 Å². The van der Waals surface area contributed by atoms with Crippen LogP contribution in [0.5, 0.6) is 0 Å². The lowest BCUT2D eigenvalue weighted by Crippen LogP contribution is -2.07. The molecule has 5 heteroatoms. The first-order valence-electron chi connectivity index (χ1n) is 4.95. The summed E-state index contributed by atoms with van der Waals surface area (Å²) in [5.74, 6) is 0.810. The molecule has 2 rings (SSSR count). The number of nitrogens with one attached hydrogen (secondary N) is 1. The second-order valence-electron chi connectivity index (χ2n) is 3.55. The molecule has 0 aliphatic heterocycles. The standard InChI is InChI=1S/C11H12ClN3S/c1-7-6-16-11(14-7)8(2)15-10-4-3-9(12)5-13-10/h3-6,8H,1-2H3,(H,13,15). The zero-order chi connectivity index (χ0) is 11.5. The molecule has 3 nitrogen and oxygen atoms in total. The Kier molecular flexibility index (Phi) is 3.41. The molecular formula is C11H12ClN3S. The van der Waals surface area contributed by atoms with E-state index >= 15 is 0 Å². The van der Waals surface area contributed by atoms with Crippen molar-refractivity contribution in [3.63, 3.8) is 0 Å². The van der Waals surface area contributed by atoms with E-state index in [1.165, 1.54) is 0 Å². The molecule has 84 valence electrons. The quantitative estimate of drug-likeness (QED) is 0.907. The van der Waals surface area contributed by atoms with Crippen LogP contribution in [0.15, 0.2) is 23.7 Å². The van der Waals surface area contributed by atoms with E-state index in [0.29, 0.717) is 5.02 Å². The van der Waals surface area contributed by atoms with Crippen LogP contribution in [0.1, 0.15) is 23.7 Å². The first-order valence-corrected chi connectivity index (χ1v) is 6.21. The van der Waals surface area contributed by atoms with E-state index in [9.17, 15) is 0 Å². The average Bonchev–Trinajstić information content (AvgIpc) is 2.68. The van der Waals surface area contributed by atoms with E-state index in [-0.39, 0.29) is 6.04 Å². The number of rotatable bonds is 3. The maximum atomic E-state index is 5.77. The van der Waals surface area contributed by atoms with Gasteiger partial charge in [0.1, 0.15) is 10.8 Å². The molecule has 0 saturated carbocycles. The second-order valence-corrected chi connectivity index (χ2v) is 4.88. The molecule has 0 bridgehead atoms. The molecule has 1 N–H and O–H groups in total. The fraction of sp³-hybridized carbons (Fsp3) is 0.273. The lowest BCUT2D eigenvalue weighted by Gasteiger charge is -2.11. The lowest BCUT2D eigenvalue weighted by molar-refractivity contribution is 0.855. The highest BCUT2D eigenvalue weighted by Gasteiger charge is 2.09. The van der Waals surface area contributed by atoms with Crippen molar-refractivity contribution in [1.29, 1.82) is 0 Å². The summed E-state index contributed by atoms with van der Waals surface area (Å²) >= 11 is 7.42. The first kappa shape index (κ1) is 11.4. The number of aryl methyl sites for hydroxylation is 1. The Hall–Kier alpha value is -1.13. The summed E-state index contributed by atoms with van der Waals surface area (Å²) in [5, 5.41) is 7.03. The summed E-state index contributed by atoms with van der Waals surface area (Å²) < 4.78 is 0.